The number of rotatable bonds is 17. The maximum atomic E-state index is 11.9. The fourth-order valence-corrected chi connectivity index (χ4v) is 3.79. The summed E-state index contributed by atoms with van der Waals surface area (Å²) in [5, 5.41) is 3.32. The van der Waals surface area contributed by atoms with Crippen LogP contribution in [0.3, 0.4) is 0 Å². The van der Waals surface area contributed by atoms with E-state index in [-0.39, 0.29) is 11.4 Å². The van der Waals surface area contributed by atoms with E-state index in [4.69, 9.17) is 0 Å². The van der Waals surface area contributed by atoms with Crippen molar-refractivity contribution < 1.29 is 4.79 Å². The second-order valence-electron chi connectivity index (χ2n) is 8.21. The number of nitrogens with one attached hydrogen (secondary N) is 1. The SMILES string of the molecule is CCCCC/C=C(\CCCCC)C(C)(CCCCCCCC)NC(C)=O. The Labute approximate surface area is 164 Å². The summed E-state index contributed by atoms with van der Waals surface area (Å²) in [4.78, 5) is 11.9. The van der Waals surface area contributed by atoms with Gasteiger partial charge in [0.05, 0.1) is 5.54 Å². The van der Waals surface area contributed by atoms with E-state index in [1.54, 1.807) is 6.92 Å². The van der Waals surface area contributed by atoms with Gasteiger partial charge in [0, 0.05) is 6.92 Å². The molecule has 1 amide bonds. The van der Waals surface area contributed by atoms with Gasteiger partial charge in [0.15, 0.2) is 0 Å². The van der Waals surface area contributed by atoms with Crippen molar-refractivity contribution in [3.8, 4) is 0 Å². The molecule has 1 N–H and O–H groups in total. The molecule has 1 unspecified atom stereocenters. The normalized spacial score (nSPS) is 14.3. The molecule has 0 saturated heterocycles. The minimum Gasteiger partial charge on any atom is -0.347 e. The quantitative estimate of drug-likeness (QED) is 0.207. The maximum Gasteiger partial charge on any atom is 0.217 e. The van der Waals surface area contributed by atoms with Gasteiger partial charge < -0.3 is 5.32 Å². The second kappa shape index (κ2) is 16.4. The highest BCUT2D eigenvalue weighted by molar-refractivity contribution is 5.74. The monoisotopic (exact) mass is 365 g/mol. The average Bonchev–Trinajstić information content (AvgIpc) is 2.59. The van der Waals surface area contributed by atoms with Gasteiger partial charge in [0.2, 0.25) is 5.91 Å². The zero-order chi connectivity index (χ0) is 19.7. The molecule has 2 nitrogen and oxygen atoms in total. The molecule has 0 aromatic carbocycles. The molecule has 0 saturated carbocycles. The number of allylic oxidation sites excluding steroid dienone is 1. The van der Waals surface area contributed by atoms with Gasteiger partial charge in [-0.05, 0) is 44.6 Å². The summed E-state index contributed by atoms with van der Waals surface area (Å²) in [5.74, 6) is 0.105. The number of carbonyl (C=O) groups excluding carboxylic acids is 1. The maximum absolute atomic E-state index is 11.9. The lowest BCUT2D eigenvalue weighted by atomic mass is 9.82. The molecule has 0 aromatic heterocycles. The Balaban J connectivity index is 4.90. The van der Waals surface area contributed by atoms with Crippen molar-refractivity contribution in [1.82, 2.24) is 5.32 Å². The van der Waals surface area contributed by atoms with Crippen molar-refractivity contribution in [2.45, 2.75) is 136 Å². The van der Waals surface area contributed by atoms with Crippen LogP contribution in [0.4, 0.5) is 0 Å². The first-order valence-corrected chi connectivity index (χ1v) is 11.5. The molecule has 2 heteroatoms. The summed E-state index contributed by atoms with van der Waals surface area (Å²) in [6.07, 6.45) is 21.2. The summed E-state index contributed by atoms with van der Waals surface area (Å²) in [6, 6.07) is 0. The standard InChI is InChI=1S/C24H47NO/c1-6-9-12-14-15-18-21-24(5,25-22(4)26)23(19-16-11-8-3)20-17-13-10-7-2/h20H,6-19,21H2,1-5H3,(H,25,26)/b23-20+. The van der Waals surface area contributed by atoms with Gasteiger partial charge >= 0.3 is 0 Å². The largest absolute Gasteiger partial charge is 0.347 e. The number of carbonyl (C=O) groups is 1. The average molecular weight is 366 g/mol. The number of unbranched alkanes of at least 4 members (excludes halogenated alkanes) is 10. The molecule has 26 heavy (non-hydrogen) atoms. The van der Waals surface area contributed by atoms with Crippen LogP contribution in [0.25, 0.3) is 0 Å². The highest BCUT2D eigenvalue weighted by Crippen LogP contribution is 2.29. The van der Waals surface area contributed by atoms with Crippen LogP contribution in [0.15, 0.2) is 11.6 Å². The lowest BCUT2D eigenvalue weighted by molar-refractivity contribution is -0.120. The summed E-state index contributed by atoms with van der Waals surface area (Å²) < 4.78 is 0. The Kier molecular flexibility index (Phi) is 15.9. The Morgan fingerprint density at radius 1 is 0.808 bits per heavy atom. The lowest BCUT2D eigenvalue weighted by Crippen LogP contribution is -2.46. The highest BCUT2D eigenvalue weighted by Gasteiger charge is 2.28. The molecular weight excluding hydrogens is 318 g/mol. The van der Waals surface area contributed by atoms with Gasteiger partial charge in [-0.15, -0.1) is 0 Å². The van der Waals surface area contributed by atoms with Crippen molar-refractivity contribution in [2.75, 3.05) is 0 Å². The van der Waals surface area contributed by atoms with E-state index in [0.717, 1.165) is 19.3 Å². The van der Waals surface area contributed by atoms with E-state index in [1.807, 2.05) is 0 Å². The molecule has 154 valence electrons. The van der Waals surface area contributed by atoms with Crippen molar-refractivity contribution in [1.29, 1.82) is 0 Å². The molecule has 0 fully saturated rings. The van der Waals surface area contributed by atoms with Gasteiger partial charge in [-0.1, -0.05) is 91.1 Å². The molecule has 0 bridgehead atoms. The molecule has 0 radical (unpaired) electrons. The fourth-order valence-electron chi connectivity index (χ4n) is 3.79. The van der Waals surface area contributed by atoms with Gasteiger partial charge in [-0.25, -0.2) is 0 Å². The smallest absolute Gasteiger partial charge is 0.217 e. The van der Waals surface area contributed by atoms with E-state index >= 15 is 0 Å². The molecule has 0 heterocycles. The zero-order valence-electron chi connectivity index (χ0n) is 18.6. The minimum atomic E-state index is -0.156. The molecule has 0 spiro atoms. The summed E-state index contributed by atoms with van der Waals surface area (Å²) >= 11 is 0. The predicted octanol–water partition coefficient (Wildman–Crippen LogP) is 7.72. The van der Waals surface area contributed by atoms with Gasteiger partial charge in [-0.2, -0.15) is 0 Å². The first kappa shape index (κ1) is 25.2. The predicted molar refractivity (Wildman–Crippen MR) is 117 cm³/mol. The zero-order valence-corrected chi connectivity index (χ0v) is 18.6. The molecule has 0 aliphatic carbocycles. The van der Waals surface area contributed by atoms with Crippen LogP contribution in [-0.2, 0) is 4.79 Å². The van der Waals surface area contributed by atoms with Crippen molar-refractivity contribution in [3.05, 3.63) is 11.6 Å². The van der Waals surface area contributed by atoms with Crippen molar-refractivity contribution >= 4 is 5.91 Å². The summed E-state index contributed by atoms with van der Waals surface area (Å²) in [5.41, 5.74) is 1.32. The van der Waals surface area contributed by atoms with Crippen LogP contribution < -0.4 is 5.32 Å². The third-order valence-corrected chi connectivity index (χ3v) is 5.44. The number of hydrogen-bond acceptors (Lipinski definition) is 1. The first-order valence-electron chi connectivity index (χ1n) is 11.5. The Bertz CT molecular complexity index is 374. The van der Waals surface area contributed by atoms with Gasteiger partial charge in [0.1, 0.15) is 0 Å². The van der Waals surface area contributed by atoms with Crippen molar-refractivity contribution in [3.63, 3.8) is 0 Å². The molecule has 0 aliphatic rings. The van der Waals surface area contributed by atoms with Gasteiger partial charge in [0.25, 0.3) is 0 Å². The van der Waals surface area contributed by atoms with Crippen LogP contribution in [0, 0.1) is 0 Å². The van der Waals surface area contributed by atoms with Crippen molar-refractivity contribution in [2.24, 2.45) is 0 Å². The van der Waals surface area contributed by atoms with Crippen LogP contribution in [-0.4, -0.2) is 11.4 Å². The Morgan fingerprint density at radius 3 is 1.96 bits per heavy atom. The second-order valence-corrected chi connectivity index (χ2v) is 8.21. The fraction of sp³-hybridized carbons (Fsp3) is 0.875. The van der Waals surface area contributed by atoms with E-state index in [0.29, 0.717) is 0 Å². The van der Waals surface area contributed by atoms with E-state index in [9.17, 15) is 4.79 Å². The lowest BCUT2D eigenvalue weighted by Gasteiger charge is -2.34. The van der Waals surface area contributed by atoms with E-state index in [2.05, 4.69) is 39.1 Å². The number of hydrogen-bond donors (Lipinski definition) is 1. The molecule has 1 atom stereocenters. The molecular formula is C24H47NO. The summed E-state index contributed by atoms with van der Waals surface area (Å²) in [7, 11) is 0. The molecule has 0 rings (SSSR count). The number of amides is 1. The third kappa shape index (κ3) is 12.5. The highest BCUT2D eigenvalue weighted by atomic mass is 16.1. The minimum absolute atomic E-state index is 0.105. The van der Waals surface area contributed by atoms with Gasteiger partial charge in [-0.3, -0.25) is 4.79 Å². The topological polar surface area (TPSA) is 29.1 Å². The van der Waals surface area contributed by atoms with E-state index in [1.165, 1.54) is 82.6 Å². The molecule has 0 aromatic rings. The molecule has 0 aliphatic heterocycles. The summed E-state index contributed by atoms with van der Waals surface area (Å²) in [6.45, 7) is 10.7. The third-order valence-electron chi connectivity index (χ3n) is 5.44. The van der Waals surface area contributed by atoms with Crippen LogP contribution in [0.1, 0.15) is 131 Å². The van der Waals surface area contributed by atoms with Crippen LogP contribution in [0.2, 0.25) is 0 Å². The Morgan fingerprint density at radius 2 is 1.35 bits per heavy atom. The Hall–Kier alpha value is -0.790. The van der Waals surface area contributed by atoms with Crippen LogP contribution in [0.5, 0.6) is 0 Å². The van der Waals surface area contributed by atoms with Crippen LogP contribution >= 0.6 is 0 Å². The van der Waals surface area contributed by atoms with E-state index < -0.39 is 0 Å². The first-order chi connectivity index (χ1) is 12.5.